The molecule has 1 aliphatic rings. The van der Waals surface area contributed by atoms with Gasteiger partial charge in [-0.15, -0.1) is 0 Å². The molecular formula is C22H21N5S. The lowest BCUT2D eigenvalue weighted by molar-refractivity contribution is 1.01. The molecule has 0 saturated carbocycles. The van der Waals surface area contributed by atoms with Gasteiger partial charge in [-0.05, 0) is 62.2 Å². The fourth-order valence-electron chi connectivity index (χ4n) is 2.82. The van der Waals surface area contributed by atoms with E-state index in [4.69, 9.17) is 0 Å². The van der Waals surface area contributed by atoms with Crippen molar-refractivity contribution in [3.05, 3.63) is 84.5 Å². The molecule has 0 spiro atoms. The van der Waals surface area contributed by atoms with Crippen LogP contribution in [-0.4, -0.2) is 15.0 Å². The molecule has 0 bridgehead atoms. The van der Waals surface area contributed by atoms with Crippen molar-refractivity contribution in [1.82, 2.24) is 15.0 Å². The third kappa shape index (κ3) is 4.98. The van der Waals surface area contributed by atoms with E-state index in [1.54, 1.807) is 24.2 Å². The summed E-state index contributed by atoms with van der Waals surface area (Å²) in [7, 11) is 0. The fourth-order valence-corrected chi connectivity index (χ4v) is 3.62. The highest BCUT2D eigenvalue weighted by atomic mass is 32.2. The van der Waals surface area contributed by atoms with Gasteiger partial charge in [-0.2, -0.15) is 4.98 Å². The molecule has 0 radical (unpaired) electrons. The largest absolute Gasteiger partial charge is 0.340 e. The summed E-state index contributed by atoms with van der Waals surface area (Å²) in [5.41, 5.74) is 2.94. The van der Waals surface area contributed by atoms with Gasteiger partial charge in [0.15, 0.2) is 0 Å². The minimum Gasteiger partial charge on any atom is -0.340 e. The zero-order chi connectivity index (χ0) is 19.2. The van der Waals surface area contributed by atoms with Crippen LogP contribution < -0.4 is 10.6 Å². The second kappa shape index (κ2) is 8.71. The lowest BCUT2D eigenvalue weighted by Crippen LogP contribution is -2.06. The van der Waals surface area contributed by atoms with Crippen LogP contribution in [0.15, 0.2) is 88.6 Å². The fraction of sp³-hybridized carbons (Fsp3) is 0.136. The Bertz CT molecular complexity index is 997. The van der Waals surface area contributed by atoms with Gasteiger partial charge < -0.3 is 10.6 Å². The molecule has 2 heterocycles. The van der Waals surface area contributed by atoms with Crippen LogP contribution in [0, 0.1) is 6.92 Å². The van der Waals surface area contributed by atoms with Crippen molar-refractivity contribution < 1.29 is 0 Å². The number of nitrogens with one attached hydrogen (secondary N) is 2. The molecule has 28 heavy (non-hydrogen) atoms. The SMILES string of the molecule is Cc1cc(Nc2ccc(Sc3ccncc3)cc2)nc(NC2=CCCC=C2)n1. The van der Waals surface area contributed by atoms with E-state index in [1.807, 2.05) is 25.1 Å². The van der Waals surface area contributed by atoms with Gasteiger partial charge >= 0.3 is 0 Å². The Morgan fingerprint density at radius 3 is 2.43 bits per heavy atom. The van der Waals surface area contributed by atoms with E-state index in [0.717, 1.165) is 35.7 Å². The second-order valence-corrected chi connectivity index (χ2v) is 7.56. The van der Waals surface area contributed by atoms with Crippen molar-refractivity contribution in [3.8, 4) is 0 Å². The normalized spacial score (nSPS) is 13.1. The third-order valence-corrected chi connectivity index (χ3v) is 5.13. The minimum atomic E-state index is 0.602. The summed E-state index contributed by atoms with van der Waals surface area (Å²) < 4.78 is 0. The zero-order valence-corrected chi connectivity index (χ0v) is 16.4. The summed E-state index contributed by atoms with van der Waals surface area (Å²) in [4.78, 5) is 15.5. The molecule has 140 valence electrons. The van der Waals surface area contributed by atoms with E-state index in [0.29, 0.717) is 5.95 Å². The van der Waals surface area contributed by atoms with E-state index >= 15 is 0 Å². The molecule has 1 aliphatic carbocycles. The molecule has 2 N–H and O–H groups in total. The molecule has 0 saturated heterocycles. The van der Waals surface area contributed by atoms with Crippen molar-refractivity contribution in [2.24, 2.45) is 0 Å². The van der Waals surface area contributed by atoms with Gasteiger partial charge in [0.25, 0.3) is 0 Å². The quantitative estimate of drug-likeness (QED) is 0.564. The van der Waals surface area contributed by atoms with Gasteiger partial charge in [0, 0.05) is 45.3 Å². The third-order valence-electron chi connectivity index (χ3n) is 4.12. The Hall–Kier alpha value is -3.12. The highest BCUT2D eigenvalue weighted by molar-refractivity contribution is 7.99. The number of pyridine rings is 1. The Kier molecular flexibility index (Phi) is 5.68. The molecule has 0 atom stereocenters. The van der Waals surface area contributed by atoms with Crippen LogP contribution in [0.25, 0.3) is 0 Å². The maximum atomic E-state index is 4.59. The summed E-state index contributed by atoms with van der Waals surface area (Å²) >= 11 is 1.71. The molecule has 0 unspecified atom stereocenters. The van der Waals surface area contributed by atoms with Crippen LogP contribution in [0.4, 0.5) is 17.5 Å². The monoisotopic (exact) mass is 387 g/mol. The number of nitrogens with zero attached hydrogens (tertiary/aromatic N) is 3. The molecule has 6 heteroatoms. The molecular weight excluding hydrogens is 366 g/mol. The van der Waals surface area contributed by atoms with E-state index in [-0.39, 0.29) is 0 Å². The van der Waals surface area contributed by atoms with Crippen molar-refractivity contribution >= 4 is 29.2 Å². The molecule has 1 aromatic carbocycles. The molecule has 2 aromatic heterocycles. The van der Waals surface area contributed by atoms with Gasteiger partial charge in [-0.25, -0.2) is 4.98 Å². The Balaban J connectivity index is 1.44. The smallest absolute Gasteiger partial charge is 0.229 e. The van der Waals surface area contributed by atoms with Gasteiger partial charge in [0.2, 0.25) is 5.95 Å². The second-order valence-electron chi connectivity index (χ2n) is 6.42. The van der Waals surface area contributed by atoms with Crippen LogP contribution in [0.3, 0.4) is 0 Å². The van der Waals surface area contributed by atoms with E-state index in [1.165, 1.54) is 9.79 Å². The van der Waals surface area contributed by atoms with Gasteiger partial charge in [0.05, 0.1) is 0 Å². The first-order valence-corrected chi connectivity index (χ1v) is 10.0. The van der Waals surface area contributed by atoms with Crippen LogP contribution >= 0.6 is 11.8 Å². The first kappa shape index (κ1) is 18.3. The number of hydrogen-bond donors (Lipinski definition) is 2. The number of benzene rings is 1. The lowest BCUT2D eigenvalue weighted by Gasteiger charge is -2.12. The van der Waals surface area contributed by atoms with Crippen LogP contribution in [-0.2, 0) is 0 Å². The number of hydrogen-bond acceptors (Lipinski definition) is 6. The molecule has 5 nitrogen and oxygen atoms in total. The average Bonchev–Trinajstić information content (AvgIpc) is 2.71. The first-order valence-electron chi connectivity index (χ1n) is 9.19. The summed E-state index contributed by atoms with van der Waals surface area (Å²) in [6, 6.07) is 14.3. The van der Waals surface area contributed by atoms with Crippen LogP contribution in [0.2, 0.25) is 0 Å². The summed E-state index contributed by atoms with van der Waals surface area (Å²) in [5, 5.41) is 6.65. The summed E-state index contributed by atoms with van der Waals surface area (Å²) in [5.74, 6) is 1.37. The lowest BCUT2D eigenvalue weighted by atomic mass is 10.1. The standard InChI is InChI=1S/C22H21N5S/c1-16-15-21(27-22(24-16)26-17-5-3-2-4-6-17)25-18-7-9-19(10-8-18)28-20-11-13-23-14-12-20/h3,5-15H,2,4H2,1H3,(H2,24,25,26,27). The van der Waals surface area contributed by atoms with E-state index in [9.17, 15) is 0 Å². The van der Waals surface area contributed by atoms with Crippen molar-refractivity contribution in [2.75, 3.05) is 10.6 Å². The molecule has 0 fully saturated rings. The highest BCUT2D eigenvalue weighted by Crippen LogP contribution is 2.28. The van der Waals surface area contributed by atoms with Crippen molar-refractivity contribution in [1.29, 1.82) is 0 Å². The van der Waals surface area contributed by atoms with Crippen LogP contribution in [0.5, 0.6) is 0 Å². The Morgan fingerprint density at radius 1 is 0.893 bits per heavy atom. The number of allylic oxidation sites excluding steroid dienone is 3. The maximum Gasteiger partial charge on any atom is 0.229 e. The predicted molar refractivity (Wildman–Crippen MR) is 115 cm³/mol. The van der Waals surface area contributed by atoms with Gasteiger partial charge in [-0.1, -0.05) is 23.9 Å². The van der Waals surface area contributed by atoms with E-state index in [2.05, 4.69) is 68.1 Å². The van der Waals surface area contributed by atoms with Crippen molar-refractivity contribution in [3.63, 3.8) is 0 Å². The minimum absolute atomic E-state index is 0.602. The predicted octanol–water partition coefficient (Wildman–Crippen LogP) is 5.72. The maximum absolute atomic E-state index is 4.59. The van der Waals surface area contributed by atoms with Gasteiger partial charge in [0.1, 0.15) is 5.82 Å². The Labute approximate surface area is 169 Å². The first-order chi connectivity index (χ1) is 13.7. The van der Waals surface area contributed by atoms with Crippen molar-refractivity contribution in [2.45, 2.75) is 29.6 Å². The zero-order valence-electron chi connectivity index (χ0n) is 15.6. The summed E-state index contributed by atoms with van der Waals surface area (Å²) in [6.07, 6.45) is 12.1. The van der Waals surface area contributed by atoms with E-state index < -0.39 is 0 Å². The van der Waals surface area contributed by atoms with Crippen LogP contribution in [0.1, 0.15) is 18.5 Å². The topological polar surface area (TPSA) is 62.7 Å². The molecule has 0 amide bonds. The van der Waals surface area contributed by atoms with Gasteiger partial charge in [-0.3, -0.25) is 4.98 Å². The molecule has 3 aromatic rings. The highest BCUT2D eigenvalue weighted by Gasteiger charge is 2.06. The molecule has 0 aliphatic heterocycles. The number of anilines is 3. The summed E-state index contributed by atoms with van der Waals surface area (Å²) in [6.45, 7) is 1.97. The average molecular weight is 388 g/mol. The number of aromatic nitrogens is 3. The number of aryl methyl sites for hydroxylation is 1. The Morgan fingerprint density at radius 2 is 1.68 bits per heavy atom. The number of rotatable bonds is 6. The molecule has 4 rings (SSSR count).